The van der Waals surface area contributed by atoms with Gasteiger partial charge in [-0.1, -0.05) is 73.3 Å². The van der Waals surface area contributed by atoms with Crippen LogP contribution < -0.4 is 10.1 Å². The van der Waals surface area contributed by atoms with Crippen molar-refractivity contribution in [3.05, 3.63) is 63.6 Å². The minimum atomic E-state index is -0.589. The van der Waals surface area contributed by atoms with Crippen LogP contribution in [0.25, 0.3) is 0 Å². The van der Waals surface area contributed by atoms with Crippen LogP contribution in [0.5, 0.6) is 5.75 Å². The van der Waals surface area contributed by atoms with Crippen molar-refractivity contribution in [3.8, 4) is 5.75 Å². The van der Waals surface area contributed by atoms with Crippen LogP contribution in [0.4, 0.5) is 0 Å². The molecule has 0 aliphatic rings. The minimum absolute atomic E-state index is 0.151. The SMILES string of the molecule is CCCCNC(=O)[C@H](CC)N(Cc1cccc(C)c1)C(=O)COc1ccc(Cl)cc1Cl. The number of aryl methyl sites for hydroxylation is 1. The number of amides is 2. The molecule has 2 aromatic rings. The second kappa shape index (κ2) is 12.6. The van der Waals surface area contributed by atoms with Crippen LogP contribution >= 0.6 is 23.2 Å². The summed E-state index contributed by atoms with van der Waals surface area (Å²) in [6.07, 6.45) is 2.38. The summed E-state index contributed by atoms with van der Waals surface area (Å²) in [7, 11) is 0. The second-order valence-corrected chi connectivity index (χ2v) is 8.29. The van der Waals surface area contributed by atoms with E-state index in [1.54, 1.807) is 23.1 Å². The van der Waals surface area contributed by atoms with E-state index in [0.717, 1.165) is 24.0 Å². The maximum absolute atomic E-state index is 13.2. The molecular weight excluding hydrogens is 435 g/mol. The molecule has 0 saturated heterocycles. The fourth-order valence-electron chi connectivity index (χ4n) is 3.25. The summed E-state index contributed by atoms with van der Waals surface area (Å²) in [5.74, 6) is -0.0677. The zero-order valence-corrected chi connectivity index (χ0v) is 19.8. The first-order valence-corrected chi connectivity index (χ1v) is 11.3. The third kappa shape index (κ3) is 7.75. The molecule has 31 heavy (non-hydrogen) atoms. The Kier molecular flexibility index (Phi) is 10.2. The van der Waals surface area contributed by atoms with Gasteiger partial charge in [-0.15, -0.1) is 0 Å². The monoisotopic (exact) mass is 464 g/mol. The lowest BCUT2D eigenvalue weighted by Crippen LogP contribution is -2.50. The number of rotatable bonds is 11. The third-order valence-corrected chi connectivity index (χ3v) is 5.43. The van der Waals surface area contributed by atoms with Gasteiger partial charge in [0.05, 0.1) is 5.02 Å². The Morgan fingerprint density at radius 3 is 2.55 bits per heavy atom. The predicted octanol–water partition coefficient (Wildman–Crippen LogP) is 5.40. The number of hydrogen-bond acceptors (Lipinski definition) is 3. The number of hydrogen-bond donors (Lipinski definition) is 1. The van der Waals surface area contributed by atoms with E-state index in [1.807, 2.05) is 38.1 Å². The first-order valence-electron chi connectivity index (χ1n) is 10.6. The molecule has 0 aromatic heterocycles. The maximum atomic E-state index is 13.2. The van der Waals surface area contributed by atoms with Crippen molar-refractivity contribution in [2.45, 2.75) is 52.6 Å². The van der Waals surface area contributed by atoms with Gasteiger partial charge in [-0.3, -0.25) is 9.59 Å². The van der Waals surface area contributed by atoms with Crippen LogP contribution in [0.3, 0.4) is 0 Å². The van der Waals surface area contributed by atoms with Crippen LogP contribution in [0, 0.1) is 6.92 Å². The molecule has 0 spiro atoms. The topological polar surface area (TPSA) is 58.6 Å². The zero-order valence-electron chi connectivity index (χ0n) is 18.3. The highest BCUT2D eigenvalue weighted by molar-refractivity contribution is 6.35. The predicted molar refractivity (Wildman–Crippen MR) is 126 cm³/mol. The van der Waals surface area contributed by atoms with E-state index in [0.29, 0.717) is 35.3 Å². The van der Waals surface area contributed by atoms with Gasteiger partial charge < -0.3 is 15.0 Å². The quantitative estimate of drug-likeness (QED) is 0.452. The summed E-state index contributed by atoms with van der Waals surface area (Å²) >= 11 is 12.1. The average molecular weight is 465 g/mol. The van der Waals surface area contributed by atoms with E-state index in [2.05, 4.69) is 12.2 Å². The van der Waals surface area contributed by atoms with Gasteiger partial charge in [-0.05, 0) is 43.5 Å². The van der Waals surface area contributed by atoms with E-state index in [9.17, 15) is 9.59 Å². The minimum Gasteiger partial charge on any atom is -0.482 e. The summed E-state index contributed by atoms with van der Waals surface area (Å²) in [6, 6.07) is 12.1. The smallest absolute Gasteiger partial charge is 0.261 e. The van der Waals surface area contributed by atoms with Crippen molar-refractivity contribution in [1.29, 1.82) is 0 Å². The molecule has 0 saturated carbocycles. The highest BCUT2D eigenvalue weighted by Gasteiger charge is 2.29. The first kappa shape index (κ1) is 25.0. The third-order valence-electron chi connectivity index (χ3n) is 4.90. The maximum Gasteiger partial charge on any atom is 0.261 e. The molecular formula is C24H30Cl2N2O3. The lowest BCUT2D eigenvalue weighted by molar-refractivity contribution is -0.143. The highest BCUT2D eigenvalue weighted by Crippen LogP contribution is 2.27. The fraction of sp³-hybridized carbons (Fsp3) is 0.417. The summed E-state index contributed by atoms with van der Waals surface area (Å²) < 4.78 is 5.66. The van der Waals surface area contributed by atoms with Crippen molar-refractivity contribution in [2.24, 2.45) is 0 Å². The lowest BCUT2D eigenvalue weighted by Gasteiger charge is -2.30. The van der Waals surface area contributed by atoms with Gasteiger partial charge in [-0.25, -0.2) is 0 Å². The molecule has 0 heterocycles. The van der Waals surface area contributed by atoms with Gasteiger partial charge in [0, 0.05) is 18.1 Å². The highest BCUT2D eigenvalue weighted by atomic mass is 35.5. The average Bonchev–Trinajstić information content (AvgIpc) is 2.73. The number of carbonyl (C=O) groups excluding carboxylic acids is 2. The van der Waals surface area contributed by atoms with Gasteiger partial charge in [-0.2, -0.15) is 0 Å². The number of carbonyl (C=O) groups is 2. The van der Waals surface area contributed by atoms with Gasteiger partial charge in [0.15, 0.2) is 6.61 Å². The number of nitrogens with zero attached hydrogens (tertiary/aromatic N) is 1. The summed E-state index contributed by atoms with van der Waals surface area (Å²) in [5.41, 5.74) is 2.05. The molecule has 0 aliphatic heterocycles. The molecule has 7 heteroatoms. The molecule has 5 nitrogen and oxygen atoms in total. The largest absolute Gasteiger partial charge is 0.482 e. The Balaban J connectivity index is 2.19. The Bertz CT molecular complexity index is 889. The van der Waals surface area contributed by atoms with Crippen LogP contribution in [-0.2, 0) is 16.1 Å². The number of nitrogens with one attached hydrogen (secondary N) is 1. The zero-order chi connectivity index (χ0) is 22.8. The molecule has 2 rings (SSSR count). The summed E-state index contributed by atoms with van der Waals surface area (Å²) in [5, 5.41) is 3.76. The molecule has 2 aromatic carbocycles. The van der Waals surface area contributed by atoms with Gasteiger partial charge in [0.25, 0.3) is 5.91 Å². The van der Waals surface area contributed by atoms with E-state index in [4.69, 9.17) is 27.9 Å². The first-order chi connectivity index (χ1) is 14.8. The van der Waals surface area contributed by atoms with Crippen molar-refractivity contribution in [3.63, 3.8) is 0 Å². The van der Waals surface area contributed by atoms with Gasteiger partial charge >= 0.3 is 0 Å². The molecule has 0 unspecified atom stereocenters. The molecule has 0 radical (unpaired) electrons. The van der Waals surface area contributed by atoms with E-state index < -0.39 is 6.04 Å². The Hall–Kier alpha value is -2.24. The van der Waals surface area contributed by atoms with Crippen molar-refractivity contribution in [1.82, 2.24) is 10.2 Å². The lowest BCUT2D eigenvalue weighted by atomic mass is 10.1. The molecule has 0 bridgehead atoms. The van der Waals surface area contributed by atoms with Crippen LogP contribution in [0.15, 0.2) is 42.5 Å². The van der Waals surface area contributed by atoms with Crippen molar-refractivity contribution >= 4 is 35.0 Å². The molecule has 1 atom stereocenters. The summed E-state index contributed by atoms with van der Waals surface area (Å²) in [6.45, 7) is 6.64. The molecule has 0 fully saturated rings. The fourth-order valence-corrected chi connectivity index (χ4v) is 3.71. The number of ether oxygens (including phenoxy) is 1. The van der Waals surface area contributed by atoms with E-state index in [-0.39, 0.29) is 18.4 Å². The van der Waals surface area contributed by atoms with Crippen LogP contribution in [0.1, 0.15) is 44.2 Å². The van der Waals surface area contributed by atoms with Gasteiger partial charge in [0.1, 0.15) is 11.8 Å². The standard InChI is InChI=1S/C24H30Cl2N2O3/c1-4-6-12-27-24(30)21(5-2)28(15-18-9-7-8-17(3)13-18)23(29)16-31-22-11-10-19(25)14-20(22)26/h7-11,13-14,21H,4-6,12,15-16H2,1-3H3,(H,27,30)/t21-/m0/s1. The number of halogens is 2. The van der Waals surface area contributed by atoms with Crippen molar-refractivity contribution < 1.29 is 14.3 Å². The summed E-state index contributed by atoms with van der Waals surface area (Å²) in [4.78, 5) is 27.6. The Labute approximate surface area is 194 Å². The Morgan fingerprint density at radius 1 is 1.13 bits per heavy atom. The van der Waals surface area contributed by atoms with E-state index >= 15 is 0 Å². The molecule has 0 aliphatic carbocycles. The molecule has 2 amide bonds. The normalized spacial score (nSPS) is 11.6. The number of unbranched alkanes of at least 4 members (excludes halogenated alkanes) is 1. The van der Waals surface area contributed by atoms with Gasteiger partial charge in [0.2, 0.25) is 5.91 Å². The number of benzene rings is 2. The van der Waals surface area contributed by atoms with Crippen molar-refractivity contribution in [2.75, 3.05) is 13.2 Å². The van der Waals surface area contributed by atoms with E-state index in [1.165, 1.54) is 0 Å². The second-order valence-electron chi connectivity index (χ2n) is 7.44. The van der Waals surface area contributed by atoms with Crippen LogP contribution in [0.2, 0.25) is 10.0 Å². The van der Waals surface area contributed by atoms with Crippen LogP contribution in [-0.4, -0.2) is 35.9 Å². The Morgan fingerprint density at radius 2 is 1.90 bits per heavy atom. The molecule has 168 valence electrons. The molecule has 1 N–H and O–H groups in total.